The lowest BCUT2D eigenvalue weighted by Gasteiger charge is -2.16. The monoisotopic (exact) mass is 352 g/mol. The largest absolute Gasteiger partial charge is 0.313 e. The summed E-state index contributed by atoms with van der Waals surface area (Å²) in [6.45, 7) is 2.01. The van der Waals surface area contributed by atoms with Crippen molar-refractivity contribution in [3.05, 3.63) is 63.0 Å². The van der Waals surface area contributed by atoms with E-state index in [-0.39, 0.29) is 0 Å². The predicted octanol–water partition coefficient (Wildman–Crippen LogP) is 3.50. The lowest BCUT2D eigenvalue weighted by molar-refractivity contribution is 0.589. The Balaban J connectivity index is 2.14. The summed E-state index contributed by atoms with van der Waals surface area (Å²) in [5.74, 6) is 0. The zero-order valence-corrected chi connectivity index (χ0v) is 12.8. The average Bonchev–Trinajstić information content (AvgIpc) is 2.39. The first-order valence-corrected chi connectivity index (χ1v) is 7.11. The van der Waals surface area contributed by atoms with Crippen molar-refractivity contribution in [2.45, 2.75) is 19.4 Å². The topological polar surface area (TPSA) is 24.9 Å². The molecule has 94 valence electrons. The molecule has 2 rings (SSSR count). The van der Waals surface area contributed by atoms with Gasteiger partial charge in [0.1, 0.15) is 0 Å². The van der Waals surface area contributed by atoms with Gasteiger partial charge in [0.25, 0.3) is 0 Å². The molecule has 0 spiro atoms. The second-order valence-corrected chi connectivity index (χ2v) is 5.65. The van der Waals surface area contributed by atoms with E-state index >= 15 is 0 Å². The zero-order valence-electron chi connectivity index (χ0n) is 10.7. The minimum Gasteiger partial charge on any atom is -0.313 e. The van der Waals surface area contributed by atoms with Crippen LogP contribution >= 0.6 is 22.6 Å². The zero-order chi connectivity index (χ0) is 13.0. The summed E-state index contributed by atoms with van der Waals surface area (Å²) in [6.07, 6.45) is 2.95. The van der Waals surface area contributed by atoms with Crippen LogP contribution in [-0.4, -0.2) is 12.0 Å². The molecule has 1 N–H and O–H groups in total. The van der Waals surface area contributed by atoms with Crippen LogP contribution in [0.1, 0.15) is 22.9 Å². The lowest BCUT2D eigenvalue weighted by atomic mass is 10.0. The van der Waals surface area contributed by atoms with Gasteiger partial charge in [-0.3, -0.25) is 4.98 Å². The molecule has 0 aliphatic rings. The number of nitrogens with one attached hydrogen (secondary N) is 1. The Labute approximate surface area is 122 Å². The Hall–Kier alpha value is -0.940. The van der Waals surface area contributed by atoms with E-state index in [1.54, 1.807) is 0 Å². The fraction of sp³-hybridized carbons (Fsp3) is 0.267. The van der Waals surface area contributed by atoms with Gasteiger partial charge in [0.05, 0.1) is 0 Å². The highest BCUT2D eigenvalue weighted by Gasteiger charge is 2.10. The number of nitrogens with zero attached hydrogens (tertiary/aromatic N) is 1. The molecule has 2 nitrogen and oxygen atoms in total. The molecule has 2 aromatic rings. The van der Waals surface area contributed by atoms with Gasteiger partial charge in [0.15, 0.2) is 0 Å². The Morgan fingerprint density at radius 2 is 1.89 bits per heavy atom. The number of halogens is 1. The molecule has 18 heavy (non-hydrogen) atoms. The molecule has 1 heterocycles. The van der Waals surface area contributed by atoms with Gasteiger partial charge >= 0.3 is 0 Å². The third-order valence-corrected chi connectivity index (χ3v) is 3.76. The summed E-state index contributed by atoms with van der Waals surface area (Å²) in [5.41, 5.74) is 3.64. The van der Waals surface area contributed by atoms with Crippen LogP contribution in [0.5, 0.6) is 0 Å². The Kier molecular flexibility index (Phi) is 4.72. The van der Waals surface area contributed by atoms with Gasteiger partial charge in [-0.2, -0.15) is 0 Å². The Bertz CT molecular complexity index is 491. The molecule has 0 aliphatic carbocycles. The third-order valence-electron chi connectivity index (χ3n) is 3.04. The van der Waals surface area contributed by atoms with Crippen LogP contribution in [0, 0.1) is 10.5 Å². The predicted molar refractivity (Wildman–Crippen MR) is 83.6 cm³/mol. The summed E-state index contributed by atoms with van der Waals surface area (Å²) in [4.78, 5) is 4.36. The summed E-state index contributed by atoms with van der Waals surface area (Å²) >= 11 is 2.33. The summed E-state index contributed by atoms with van der Waals surface area (Å²) < 4.78 is 1.27. The van der Waals surface area contributed by atoms with Crippen molar-refractivity contribution in [2.24, 2.45) is 0 Å². The van der Waals surface area contributed by atoms with Crippen LogP contribution in [0.15, 0.2) is 42.6 Å². The van der Waals surface area contributed by atoms with Gasteiger partial charge in [-0.05, 0) is 72.3 Å². The van der Waals surface area contributed by atoms with Crippen molar-refractivity contribution in [3.63, 3.8) is 0 Å². The number of rotatable bonds is 4. The summed E-state index contributed by atoms with van der Waals surface area (Å²) in [7, 11) is 2.00. The lowest BCUT2D eigenvalue weighted by Crippen LogP contribution is -2.19. The number of pyridine rings is 1. The maximum atomic E-state index is 4.36. The van der Waals surface area contributed by atoms with E-state index in [0.717, 1.165) is 12.1 Å². The van der Waals surface area contributed by atoms with Crippen molar-refractivity contribution in [2.75, 3.05) is 7.05 Å². The maximum Gasteiger partial charge on any atom is 0.0373 e. The first-order valence-electron chi connectivity index (χ1n) is 6.03. The Morgan fingerprint density at radius 3 is 2.44 bits per heavy atom. The highest BCUT2D eigenvalue weighted by atomic mass is 127. The van der Waals surface area contributed by atoms with E-state index < -0.39 is 0 Å². The maximum absolute atomic E-state index is 4.36. The van der Waals surface area contributed by atoms with Crippen LogP contribution in [0.3, 0.4) is 0 Å². The molecule has 0 bridgehead atoms. The van der Waals surface area contributed by atoms with E-state index in [4.69, 9.17) is 0 Å². The van der Waals surface area contributed by atoms with Crippen LogP contribution in [0.4, 0.5) is 0 Å². The van der Waals surface area contributed by atoms with Crippen molar-refractivity contribution < 1.29 is 0 Å². The van der Waals surface area contributed by atoms with Gasteiger partial charge in [0, 0.05) is 21.5 Å². The molecule has 1 aromatic heterocycles. The normalized spacial score (nSPS) is 12.4. The molecule has 1 atom stereocenters. The van der Waals surface area contributed by atoms with Crippen LogP contribution < -0.4 is 5.32 Å². The second kappa shape index (κ2) is 6.29. The molecule has 0 amide bonds. The molecule has 1 unspecified atom stereocenters. The second-order valence-electron chi connectivity index (χ2n) is 4.40. The quantitative estimate of drug-likeness (QED) is 0.852. The van der Waals surface area contributed by atoms with Gasteiger partial charge in [-0.15, -0.1) is 0 Å². The molecule has 0 saturated heterocycles. The third kappa shape index (κ3) is 3.53. The van der Waals surface area contributed by atoms with Crippen LogP contribution in [0.2, 0.25) is 0 Å². The highest BCUT2D eigenvalue weighted by molar-refractivity contribution is 14.1. The molecule has 0 radical (unpaired) electrons. The van der Waals surface area contributed by atoms with Crippen molar-refractivity contribution >= 4 is 22.6 Å². The summed E-state index contributed by atoms with van der Waals surface area (Å²) in [5, 5.41) is 3.36. The number of hydrogen-bond donors (Lipinski definition) is 1. The van der Waals surface area contributed by atoms with E-state index in [0.29, 0.717) is 6.04 Å². The van der Waals surface area contributed by atoms with Gasteiger partial charge < -0.3 is 5.32 Å². The van der Waals surface area contributed by atoms with E-state index in [2.05, 4.69) is 69.3 Å². The van der Waals surface area contributed by atoms with E-state index in [9.17, 15) is 0 Å². The molecule has 0 saturated carbocycles. The first-order chi connectivity index (χ1) is 8.69. The SMILES string of the molecule is CNC(Cc1ccc(I)cc1)c1ccc(C)nc1. The number of hydrogen-bond acceptors (Lipinski definition) is 2. The molecule has 0 fully saturated rings. The minimum atomic E-state index is 0.318. The smallest absolute Gasteiger partial charge is 0.0373 e. The first kappa shape index (κ1) is 13.5. The molecular weight excluding hydrogens is 335 g/mol. The average molecular weight is 352 g/mol. The van der Waals surface area contributed by atoms with Crippen molar-refractivity contribution in [1.82, 2.24) is 10.3 Å². The van der Waals surface area contributed by atoms with Gasteiger partial charge in [-0.25, -0.2) is 0 Å². The fourth-order valence-corrected chi connectivity index (χ4v) is 2.29. The number of aryl methyl sites for hydroxylation is 1. The number of benzene rings is 1. The van der Waals surface area contributed by atoms with E-state index in [1.807, 2.05) is 20.2 Å². The molecule has 1 aromatic carbocycles. The van der Waals surface area contributed by atoms with Crippen molar-refractivity contribution in [1.29, 1.82) is 0 Å². The Morgan fingerprint density at radius 1 is 1.17 bits per heavy atom. The fourth-order valence-electron chi connectivity index (χ4n) is 1.93. The number of aromatic nitrogens is 1. The molecular formula is C15H17IN2. The highest BCUT2D eigenvalue weighted by Crippen LogP contribution is 2.18. The van der Waals surface area contributed by atoms with Crippen LogP contribution in [-0.2, 0) is 6.42 Å². The molecule has 3 heteroatoms. The van der Waals surface area contributed by atoms with Crippen LogP contribution in [0.25, 0.3) is 0 Å². The number of likely N-dealkylation sites (N-methyl/N-ethyl adjacent to an activating group) is 1. The van der Waals surface area contributed by atoms with Gasteiger partial charge in [0.2, 0.25) is 0 Å². The summed E-state index contributed by atoms with van der Waals surface area (Å²) in [6, 6.07) is 13.2. The van der Waals surface area contributed by atoms with Crippen molar-refractivity contribution in [3.8, 4) is 0 Å². The molecule has 0 aliphatic heterocycles. The van der Waals surface area contributed by atoms with Gasteiger partial charge in [-0.1, -0.05) is 18.2 Å². The van der Waals surface area contributed by atoms with E-state index in [1.165, 1.54) is 14.7 Å². The standard InChI is InChI=1S/C15H17IN2/c1-11-3-6-13(10-18-11)15(17-2)9-12-4-7-14(16)8-5-12/h3-8,10,15,17H,9H2,1-2H3. The minimum absolute atomic E-state index is 0.318.